The van der Waals surface area contributed by atoms with Crippen LogP contribution in [0.15, 0.2) is 48.5 Å². The highest BCUT2D eigenvalue weighted by atomic mass is 16.5. The Kier molecular flexibility index (Phi) is 6.58. The predicted octanol–water partition coefficient (Wildman–Crippen LogP) is 4.29. The van der Waals surface area contributed by atoms with Gasteiger partial charge in [0.2, 0.25) is 5.91 Å². The first kappa shape index (κ1) is 22.7. The van der Waals surface area contributed by atoms with Crippen LogP contribution >= 0.6 is 0 Å². The summed E-state index contributed by atoms with van der Waals surface area (Å²) < 4.78 is 5.22. The van der Waals surface area contributed by atoms with E-state index in [1.807, 2.05) is 13.8 Å². The van der Waals surface area contributed by atoms with Crippen molar-refractivity contribution in [3.63, 3.8) is 0 Å². The molecule has 1 saturated carbocycles. The largest absolute Gasteiger partial charge is 0.462 e. The molecule has 1 aliphatic heterocycles. The zero-order chi connectivity index (χ0) is 23.5. The highest BCUT2D eigenvalue weighted by Crippen LogP contribution is 2.33. The van der Waals surface area contributed by atoms with E-state index in [1.54, 1.807) is 48.5 Å². The number of hydrogen-bond donors (Lipinski definition) is 1. The van der Waals surface area contributed by atoms with Crippen LogP contribution in [0.4, 0.5) is 5.69 Å². The van der Waals surface area contributed by atoms with E-state index in [4.69, 9.17) is 4.74 Å². The molecule has 3 amide bonds. The molecule has 2 aliphatic rings. The summed E-state index contributed by atoms with van der Waals surface area (Å²) in [5, 5.41) is 2.91. The van der Waals surface area contributed by atoms with Gasteiger partial charge >= 0.3 is 5.97 Å². The Morgan fingerprint density at radius 2 is 1.52 bits per heavy atom. The number of amides is 3. The maximum Gasteiger partial charge on any atom is 0.338 e. The molecular formula is C26H28N2O5. The summed E-state index contributed by atoms with van der Waals surface area (Å²) in [6.45, 7) is 4.30. The van der Waals surface area contributed by atoms with Crippen LogP contribution in [0.5, 0.6) is 0 Å². The summed E-state index contributed by atoms with van der Waals surface area (Å²) >= 11 is 0. The average molecular weight is 449 g/mol. The van der Waals surface area contributed by atoms with Crippen molar-refractivity contribution in [2.75, 3.05) is 11.9 Å². The normalized spacial score (nSPS) is 20.0. The van der Waals surface area contributed by atoms with Crippen LogP contribution in [0.25, 0.3) is 0 Å². The molecule has 33 heavy (non-hydrogen) atoms. The average Bonchev–Trinajstić information content (AvgIpc) is 3.08. The molecule has 1 aliphatic carbocycles. The third-order valence-corrected chi connectivity index (χ3v) is 6.19. The van der Waals surface area contributed by atoms with E-state index in [0.29, 0.717) is 54.7 Å². The van der Waals surface area contributed by atoms with Crippen LogP contribution in [0.1, 0.15) is 70.6 Å². The van der Waals surface area contributed by atoms with Gasteiger partial charge in [-0.25, -0.2) is 4.79 Å². The fourth-order valence-corrected chi connectivity index (χ4v) is 4.40. The summed E-state index contributed by atoms with van der Waals surface area (Å²) in [7, 11) is 0. The van der Waals surface area contributed by atoms with Gasteiger partial charge in [0.1, 0.15) is 0 Å². The van der Waals surface area contributed by atoms with Gasteiger partial charge < -0.3 is 10.1 Å². The van der Waals surface area contributed by atoms with E-state index in [2.05, 4.69) is 5.32 Å². The maximum absolute atomic E-state index is 12.7. The van der Waals surface area contributed by atoms with E-state index < -0.39 is 0 Å². The number of carbonyl (C=O) groups is 4. The number of hydrogen-bond acceptors (Lipinski definition) is 5. The standard InChI is InChI=1S/C26H28N2O5/c1-16(2)15-33-26(32)18-7-11-19(12-8-18)27-23(29)17-9-13-20(14-10-17)28-24(30)21-5-3-4-6-22(21)25(28)31/h3-8,11-12,16-17,20H,9-10,13-15H2,1-2H3,(H,27,29). The molecule has 0 bridgehead atoms. The van der Waals surface area contributed by atoms with Gasteiger partial charge in [-0.1, -0.05) is 26.0 Å². The van der Waals surface area contributed by atoms with Crippen molar-refractivity contribution >= 4 is 29.4 Å². The van der Waals surface area contributed by atoms with Crippen LogP contribution in [-0.2, 0) is 9.53 Å². The molecule has 4 rings (SSSR count). The molecule has 2 aromatic rings. The highest BCUT2D eigenvalue weighted by Gasteiger charge is 2.41. The zero-order valence-corrected chi connectivity index (χ0v) is 18.9. The van der Waals surface area contributed by atoms with Crippen LogP contribution in [0.3, 0.4) is 0 Å². The lowest BCUT2D eigenvalue weighted by Gasteiger charge is -2.32. The number of rotatable bonds is 6. The number of ether oxygens (including phenoxy) is 1. The quantitative estimate of drug-likeness (QED) is 0.526. The number of fused-ring (bicyclic) bond motifs is 1. The fourth-order valence-electron chi connectivity index (χ4n) is 4.40. The molecule has 0 aromatic heterocycles. The Hall–Kier alpha value is -3.48. The number of nitrogens with zero attached hydrogens (tertiary/aromatic N) is 1. The first-order valence-electron chi connectivity index (χ1n) is 11.4. The van der Waals surface area contributed by atoms with E-state index >= 15 is 0 Å². The molecule has 1 heterocycles. The highest BCUT2D eigenvalue weighted by molar-refractivity contribution is 6.21. The number of anilines is 1. The van der Waals surface area contributed by atoms with E-state index in [9.17, 15) is 19.2 Å². The van der Waals surface area contributed by atoms with E-state index in [0.717, 1.165) is 0 Å². The summed E-state index contributed by atoms with van der Waals surface area (Å²) in [4.78, 5) is 51.6. The number of esters is 1. The van der Waals surface area contributed by atoms with Crippen LogP contribution in [0.2, 0.25) is 0 Å². The lowest BCUT2D eigenvalue weighted by Crippen LogP contribution is -2.43. The number of imide groups is 1. The Bertz CT molecular complexity index is 1030. The van der Waals surface area contributed by atoms with Gasteiger partial charge in [0.15, 0.2) is 0 Å². The molecule has 0 spiro atoms. The predicted molar refractivity (Wildman–Crippen MR) is 123 cm³/mol. The topological polar surface area (TPSA) is 92.8 Å². The fraction of sp³-hybridized carbons (Fsp3) is 0.385. The third kappa shape index (κ3) is 4.82. The number of nitrogens with one attached hydrogen (secondary N) is 1. The monoisotopic (exact) mass is 448 g/mol. The van der Waals surface area contributed by atoms with E-state index in [1.165, 1.54) is 4.90 Å². The molecule has 0 unspecified atom stereocenters. The van der Waals surface area contributed by atoms with Gasteiger partial charge in [-0.15, -0.1) is 0 Å². The Morgan fingerprint density at radius 3 is 2.06 bits per heavy atom. The van der Waals surface area contributed by atoms with Crippen LogP contribution in [0, 0.1) is 11.8 Å². The van der Waals surface area contributed by atoms with Gasteiger partial charge in [-0.2, -0.15) is 0 Å². The first-order chi connectivity index (χ1) is 15.8. The SMILES string of the molecule is CC(C)COC(=O)c1ccc(NC(=O)C2CCC(N3C(=O)c4ccccc4C3=O)CC2)cc1. The van der Waals surface area contributed by atoms with Gasteiger partial charge in [-0.3, -0.25) is 19.3 Å². The summed E-state index contributed by atoms with van der Waals surface area (Å²) in [5.41, 5.74) is 1.97. The molecule has 7 heteroatoms. The smallest absolute Gasteiger partial charge is 0.338 e. The summed E-state index contributed by atoms with van der Waals surface area (Å²) in [6.07, 6.45) is 2.40. The van der Waals surface area contributed by atoms with Crippen molar-refractivity contribution in [2.24, 2.45) is 11.8 Å². The van der Waals surface area contributed by atoms with Crippen molar-refractivity contribution < 1.29 is 23.9 Å². The lowest BCUT2D eigenvalue weighted by atomic mass is 9.84. The molecule has 172 valence electrons. The molecule has 7 nitrogen and oxygen atoms in total. The van der Waals surface area contributed by atoms with Crippen LogP contribution in [-0.4, -0.2) is 41.2 Å². The van der Waals surface area contributed by atoms with Crippen LogP contribution < -0.4 is 5.32 Å². The molecular weight excluding hydrogens is 420 g/mol. The summed E-state index contributed by atoms with van der Waals surface area (Å²) in [5.74, 6) is -0.878. The Labute approximate surface area is 193 Å². The molecule has 0 radical (unpaired) electrons. The van der Waals surface area contributed by atoms with Gasteiger partial charge in [-0.05, 0) is 68.0 Å². The molecule has 0 atom stereocenters. The Balaban J connectivity index is 1.30. The Morgan fingerprint density at radius 1 is 0.939 bits per heavy atom. The minimum Gasteiger partial charge on any atom is -0.462 e. The summed E-state index contributed by atoms with van der Waals surface area (Å²) in [6, 6.07) is 13.4. The second kappa shape index (κ2) is 9.57. The molecule has 1 N–H and O–H groups in total. The van der Waals surface area contributed by atoms with Crippen molar-refractivity contribution in [1.82, 2.24) is 4.90 Å². The number of benzene rings is 2. The lowest BCUT2D eigenvalue weighted by molar-refractivity contribution is -0.121. The van der Waals surface area contributed by atoms with Crippen molar-refractivity contribution in [2.45, 2.75) is 45.6 Å². The van der Waals surface area contributed by atoms with Gasteiger partial charge in [0.05, 0.1) is 23.3 Å². The minimum atomic E-state index is -0.381. The van der Waals surface area contributed by atoms with Crippen molar-refractivity contribution in [3.8, 4) is 0 Å². The zero-order valence-electron chi connectivity index (χ0n) is 18.9. The number of carbonyl (C=O) groups excluding carboxylic acids is 4. The van der Waals surface area contributed by atoms with Crippen molar-refractivity contribution in [3.05, 3.63) is 65.2 Å². The second-order valence-corrected chi connectivity index (χ2v) is 9.09. The van der Waals surface area contributed by atoms with Gasteiger partial charge in [0.25, 0.3) is 11.8 Å². The minimum absolute atomic E-state index is 0.0917. The maximum atomic E-state index is 12.7. The third-order valence-electron chi connectivity index (χ3n) is 6.19. The molecule has 1 fully saturated rings. The van der Waals surface area contributed by atoms with Crippen molar-refractivity contribution in [1.29, 1.82) is 0 Å². The van der Waals surface area contributed by atoms with E-state index in [-0.39, 0.29) is 41.6 Å². The van der Waals surface area contributed by atoms with Gasteiger partial charge in [0, 0.05) is 17.6 Å². The first-order valence-corrected chi connectivity index (χ1v) is 11.4. The molecule has 2 aromatic carbocycles. The second-order valence-electron chi connectivity index (χ2n) is 9.09. The molecule has 0 saturated heterocycles.